The lowest BCUT2D eigenvalue weighted by Crippen LogP contribution is -2.29. The minimum atomic E-state index is -0.603. The van der Waals surface area contributed by atoms with E-state index in [4.69, 9.17) is 16.0 Å². The fourth-order valence-electron chi connectivity index (χ4n) is 3.00. The number of H-pyrrole nitrogens is 1. The lowest BCUT2D eigenvalue weighted by molar-refractivity contribution is -0.116. The van der Waals surface area contributed by atoms with Crippen LogP contribution in [0.4, 0.5) is 5.69 Å². The number of hydrogen-bond acceptors (Lipinski definition) is 4. The first kappa shape index (κ1) is 16.4. The van der Waals surface area contributed by atoms with E-state index in [9.17, 15) is 9.59 Å². The number of nitrogens with one attached hydrogen (secondary N) is 1. The second-order valence-electron chi connectivity index (χ2n) is 5.97. The molecule has 1 aliphatic heterocycles. The Balaban J connectivity index is 1.85. The van der Waals surface area contributed by atoms with Gasteiger partial charge in [-0.1, -0.05) is 29.8 Å². The molecule has 0 aliphatic carbocycles. The summed E-state index contributed by atoms with van der Waals surface area (Å²) in [6.07, 6.45) is 3.87. The molecule has 1 aliphatic rings. The van der Waals surface area contributed by atoms with Gasteiger partial charge in [-0.05, 0) is 47.0 Å². The highest BCUT2D eigenvalue weighted by atomic mass is 35.5. The Labute approximate surface area is 153 Å². The Bertz CT molecular complexity index is 1100. The number of amides is 1. The summed E-state index contributed by atoms with van der Waals surface area (Å²) in [7, 11) is 0. The molecule has 1 N–H and O–H groups in total. The van der Waals surface area contributed by atoms with E-state index < -0.39 is 5.76 Å². The average Bonchev–Trinajstić information content (AvgIpc) is 3.03. The molecule has 1 aromatic heterocycles. The second-order valence-corrected chi connectivity index (χ2v) is 6.41. The highest BCUT2D eigenvalue weighted by Gasteiger charge is 2.19. The van der Waals surface area contributed by atoms with Gasteiger partial charge in [-0.25, -0.2) is 9.89 Å². The van der Waals surface area contributed by atoms with Gasteiger partial charge in [0.25, 0.3) is 0 Å². The normalized spacial score (nSPS) is 14.2. The van der Waals surface area contributed by atoms with Crippen molar-refractivity contribution >= 4 is 35.3 Å². The topological polar surface area (TPSA) is 79.2 Å². The van der Waals surface area contributed by atoms with Crippen LogP contribution in [0, 0.1) is 0 Å². The summed E-state index contributed by atoms with van der Waals surface area (Å²) in [4.78, 5) is 25.1. The largest absolute Gasteiger partial charge is 0.434 e. The number of aromatic amines is 1. The number of fused-ring (bicyclic) bond motifs is 2. The number of benzene rings is 2. The zero-order valence-corrected chi connectivity index (χ0v) is 14.6. The van der Waals surface area contributed by atoms with Gasteiger partial charge in [-0.3, -0.25) is 4.79 Å². The van der Waals surface area contributed by atoms with Gasteiger partial charge in [0.2, 0.25) is 11.8 Å². The molecule has 2 heterocycles. The van der Waals surface area contributed by atoms with Gasteiger partial charge in [0, 0.05) is 17.5 Å². The van der Waals surface area contributed by atoms with Crippen LogP contribution in [0.25, 0.3) is 23.6 Å². The highest BCUT2D eigenvalue weighted by Crippen LogP contribution is 2.32. The molecule has 3 aromatic rings. The number of rotatable bonds is 1. The number of carbonyl (C=O) groups is 1. The minimum Gasteiger partial charge on any atom is -0.388 e. The Morgan fingerprint density at radius 1 is 1.19 bits per heavy atom. The van der Waals surface area contributed by atoms with Crippen LogP contribution < -0.4 is 10.7 Å². The van der Waals surface area contributed by atoms with Gasteiger partial charge in [-0.15, -0.1) is 5.10 Å². The van der Waals surface area contributed by atoms with Gasteiger partial charge < -0.3 is 9.32 Å². The molecule has 7 heteroatoms. The molecule has 1 amide bonds. The fraction of sp³-hybridized carbons (Fsp3) is 0.105. The van der Waals surface area contributed by atoms with Gasteiger partial charge in [0.15, 0.2) is 0 Å². The van der Waals surface area contributed by atoms with Crippen molar-refractivity contribution in [3.8, 4) is 11.5 Å². The zero-order valence-electron chi connectivity index (χ0n) is 13.8. The third-order valence-corrected chi connectivity index (χ3v) is 4.50. The second kappa shape index (κ2) is 6.31. The summed E-state index contributed by atoms with van der Waals surface area (Å²) in [5, 5.41) is 6.71. The number of carbonyl (C=O) groups excluding carboxylic acids is 1. The van der Waals surface area contributed by atoms with Crippen molar-refractivity contribution < 1.29 is 9.21 Å². The van der Waals surface area contributed by atoms with E-state index in [1.807, 2.05) is 42.5 Å². The average molecular weight is 368 g/mol. The van der Waals surface area contributed by atoms with Crippen molar-refractivity contribution in [3.63, 3.8) is 0 Å². The Morgan fingerprint density at radius 3 is 2.73 bits per heavy atom. The quantitative estimate of drug-likeness (QED) is 0.710. The van der Waals surface area contributed by atoms with E-state index in [0.29, 0.717) is 17.1 Å². The van der Waals surface area contributed by atoms with Crippen molar-refractivity contribution in [2.75, 3.05) is 4.90 Å². The first-order chi connectivity index (χ1) is 12.5. The van der Waals surface area contributed by atoms with Crippen LogP contribution in [0.5, 0.6) is 0 Å². The van der Waals surface area contributed by atoms with Gasteiger partial charge in [0.1, 0.15) is 0 Å². The van der Waals surface area contributed by atoms with Crippen molar-refractivity contribution in [1.29, 1.82) is 0 Å². The molecule has 0 bridgehead atoms. The molecular formula is C19H14ClN3O3. The SMILES string of the molecule is CC(=O)N1Cc2ccc(-c3n[nH]c(=O)o3)cc2/C=C\c2cc(Cl)ccc21. The zero-order chi connectivity index (χ0) is 18.3. The molecule has 26 heavy (non-hydrogen) atoms. The monoisotopic (exact) mass is 367 g/mol. The van der Waals surface area contributed by atoms with Gasteiger partial charge in [0.05, 0.1) is 12.2 Å². The third kappa shape index (κ3) is 2.95. The molecule has 4 rings (SSSR count). The molecule has 6 nitrogen and oxygen atoms in total. The molecule has 2 aromatic carbocycles. The van der Waals surface area contributed by atoms with E-state index in [1.165, 1.54) is 6.92 Å². The predicted octanol–water partition coefficient (Wildman–Crippen LogP) is 3.72. The standard InChI is InChI=1S/C19H14ClN3O3/c1-11(24)23-10-15-5-4-14(18-21-22-19(25)26-18)8-12(15)2-3-13-9-16(20)6-7-17(13)23/h2-9H,10H2,1H3,(H,22,25)/b3-2-. The minimum absolute atomic E-state index is 0.0582. The van der Waals surface area contributed by atoms with E-state index in [1.54, 1.807) is 11.0 Å². The molecule has 0 spiro atoms. The summed E-state index contributed by atoms with van der Waals surface area (Å²) in [5.41, 5.74) is 4.22. The summed E-state index contributed by atoms with van der Waals surface area (Å²) < 4.78 is 5.02. The summed E-state index contributed by atoms with van der Waals surface area (Å²) in [6.45, 7) is 1.96. The van der Waals surface area contributed by atoms with Crippen molar-refractivity contribution in [3.05, 3.63) is 68.7 Å². The summed E-state index contributed by atoms with van der Waals surface area (Å²) in [6, 6.07) is 11.0. The maximum absolute atomic E-state index is 12.2. The van der Waals surface area contributed by atoms with Crippen LogP contribution >= 0.6 is 11.6 Å². The van der Waals surface area contributed by atoms with Crippen molar-refractivity contribution in [2.24, 2.45) is 0 Å². The number of hydrogen-bond donors (Lipinski definition) is 1. The maximum atomic E-state index is 12.2. The summed E-state index contributed by atoms with van der Waals surface area (Å²) in [5.74, 6) is -0.439. The Kier molecular flexibility index (Phi) is 3.97. The van der Waals surface area contributed by atoms with Gasteiger partial charge in [-0.2, -0.15) is 0 Å². The molecule has 0 fully saturated rings. The van der Waals surface area contributed by atoms with E-state index in [-0.39, 0.29) is 11.8 Å². The lowest BCUT2D eigenvalue weighted by atomic mass is 9.99. The fourth-order valence-corrected chi connectivity index (χ4v) is 3.18. The highest BCUT2D eigenvalue weighted by molar-refractivity contribution is 6.30. The molecular weight excluding hydrogens is 354 g/mol. The van der Waals surface area contributed by atoms with Gasteiger partial charge >= 0.3 is 5.76 Å². The third-order valence-electron chi connectivity index (χ3n) is 4.26. The number of nitrogens with zero attached hydrogens (tertiary/aromatic N) is 2. The molecule has 0 saturated carbocycles. The van der Waals surface area contributed by atoms with E-state index >= 15 is 0 Å². The Morgan fingerprint density at radius 2 is 2.00 bits per heavy atom. The van der Waals surface area contributed by atoms with Crippen molar-refractivity contribution in [2.45, 2.75) is 13.5 Å². The Hall–Kier alpha value is -3.12. The molecule has 0 atom stereocenters. The number of anilines is 1. The van der Waals surface area contributed by atoms with Crippen LogP contribution in [0.2, 0.25) is 5.02 Å². The number of halogens is 1. The van der Waals surface area contributed by atoms with Crippen LogP contribution in [0.1, 0.15) is 23.6 Å². The molecule has 0 saturated heterocycles. The smallest absolute Gasteiger partial charge is 0.388 e. The predicted molar refractivity (Wildman–Crippen MR) is 99.8 cm³/mol. The van der Waals surface area contributed by atoms with Crippen molar-refractivity contribution in [1.82, 2.24) is 10.2 Å². The molecule has 130 valence electrons. The first-order valence-electron chi connectivity index (χ1n) is 7.96. The van der Waals surface area contributed by atoms with Crippen LogP contribution in [-0.2, 0) is 11.3 Å². The van der Waals surface area contributed by atoms with E-state index in [0.717, 1.165) is 22.4 Å². The van der Waals surface area contributed by atoms with Crippen LogP contribution in [-0.4, -0.2) is 16.1 Å². The maximum Gasteiger partial charge on any atom is 0.434 e. The lowest BCUT2D eigenvalue weighted by Gasteiger charge is -2.26. The first-order valence-corrected chi connectivity index (χ1v) is 8.33. The van der Waals surface area contributed by atoms with E-state index in [2.05, 4.69) is 10.2 Å². The van der Waals surface area contributed by atoms with Crippen LogP contribution in [0.3, 0.4) is 0 Å². The van der Waals surface area contributed by atoms with Crippen LogP contribution in [0.15, 0.2) is 45.6 Å². The molecule has 0 unspecified atom stereocenters. The number of aromatic nitrogens is 2. The summed E-state index contributed by atoms with van der Waals surface area (Å²) >= 11 is 6.11. The molecule has 0 radical (unpaired) electrons.